The lowest BCUT2D eigenvalue weighted by molar-refractivity contribution is -0.137. The molecule has 0 radical (unpaired) electrons. The van der Waals surface area contributed by atoms with Gasteiger partial charge in [-0.2, -0.15) is 18.3 Å². The van der Waals surface area contributed by atoms with Gasteiger partial charge in [0.25, 0.3) is 0 Å². The number of hydrogen-bond acceptors (Lipinski definition) is 4. The van der Waals surface area contributed by atoms with Gasteiger partial charge in [-0.3, -0.25) is 4.98 Å². The van der Waals surface area contributed by atoms with Crippen LogP contribution >= 0.6 is 0 Å². The predicted molar refractivity (Wildman–Crippen MR) is 85.9 cm³/mol. The molecule has 11 heteroatoms. The van der Waals surface area contributed by atoms with Gasteiger partial charge in [0.15, 0.2) is 15.3 Å². The zero-order chi connectivity index (χ0) is 19.1. The van der Waals surface area contributed by atoms with Crippen LogP contribution in [0.15, 0.2) is 34.0 Å². The van der Waals surface area contributed by atoms with Crippen LogP contribution in [0.1, 0.15) is 30.1 Å². The van der Waals surface area contributed by atoms with Gasteiger partial charge in [-0.1, -0.05) is 10.3 Å². The summed E-state index contributed by atoms with van der Waals surface area (Å²) < 4.78 is 66.1. The van der Waals surface area contributed by atoms with Crippen molar-refractivity contribution in [1.29, 1.82) is 0 Å². The molecule has 142 valence electrons. The number of benzene rings is 1. The lowest BCUT2D eigenvalue weighted by Crippen LogP contribution is -2.42. The monoisotopic (exact) mass is 390 g/mol. The van der Waals surface area contributed by atoms with E-state index in [4.69, 9.17) is 0 Å². The summed E-state index contributed by atoms with van der Waals surface area (Å²) in [6.45, 7) is 0.281. The van der Waals surface area contributed by atoms with Gasteiger partial charge in [0.1, 0.15) is 5.82 Å². The topological polar surface area (TPSA) is 94.0 Å². The molecule has 1 unspecified atom stereocenters. The van der Waals surface area contributed by atoms with Crippen LogP contribution in [0.3, 0.4) is 0 Å². The predicted octanol–water partition coefficient (Wildman–Crippen LogP) is 1.91. The van der Waals surface area contributed by atoms with Gasteiger partial charge in [-0.05, 0) is 25.0 Å². The van der Waals surface area contributed by atoms with Crippen LogP contribution in [0.2, 0.25) is 0 Å². The molecular formula is C15H17F3N4O3S. The molecule has 1 fully saturated rings. The highest BCUT2D eigenvalue weighted by Gasteiger charge is 2.37. The summed E-state index contributed by atoms with van der Waals surface area (Å²) in [4.78, 5) is 13.7. The van der Waals surface area contributed by atoms with Crippen molar-refractivity contribution in [1.82, 2.24) is 19.1 Å². The number of H-pyrrole nitrogens is 1. The van der Waals surface area contributed by atoms with Crippen LogP contribution in [-0.4, -0.2) is 36.7 Å². The molecule has 1 N–H and O–H groups in total. The van der Waals surface area contributed by atoms with Gasteiger partial charge in [-0.25, -0.2) is 9.48 Å². The normalized spacial score (nSPS) is 19.4. The standard InChI is InChI=1S/C15H17F3N4O3S/c1-21-14(23)19-13(20-21)10-5-7-22(8-6-10)26(24,25)12-4-2-3-11(9-12)15(16,17)18/h2-4,9-10H,5-8H2,1H3,(H-,19,20,23,24,25). The number of hydrogen-bond donors (Lipinski definition) is 1. The fourth-order valence-electron chi connectivity index (χ4n) is 2.96. The Balaban J connectivity index is 1.76. The molecule has 0 saturated carbocycles. The van der Waals surface area contributed by atoms with E-state index in [2.05, 4.69) is 10.1 Å². The third-order valence-electron chi connectivity index (χ3n) is 4.43. The first-order chi connectivity index (χ1) is 12.1. The summed E-state index contributed by atoms with van der Waals surface area (Å²) in [6.07, 6.45) is -3.76. The second kappa shape index (κ2) is 6.63. The molecule has 1 atom stereocenters. The third kappa shape index (κ3) is 3.60. The fourth-order valence-corrected chi connectivity index (χ4v) is 4.47. The Labute approximate surface area is 148 Å². The number of aromatic amines is 1. The Kier molecular flexibility index (Phi) is 4.80. The molecule has 1 aliphatic heterocycles. The zero-order valence-electron chi connectivity index (χ0n) is 13.8. The fraction of sp³-hybridized carbons (Fsp3) is 0.467. The summed E-state index contributed by atoms with van der Waals surface area (Å²) in [5, 5.41) is 4.07. The minimum Gasteiger partial charge on any atom is -0.593 e. The molecule has 1 aliphatic rings. The van der Waals surface area contributed by atoms with Gasteiger partial charge in [0.2, 0.25) is 0 Å². The zero-order valence-corrected chi connectivity index (χ0v) is 14.6. The maximum Gasteiger partial charge on any atom is 0.416 e. The molecule has 0 spiro atoms. The summed E-state index contributed by atoms with van der Waals surface area (Å²) in [7, 11) is -2.51. The molecule has 0 aliphatic carbocycles. The highest BCUT2D eigenvalue weighted by atomic mass is 32.3. The molecule has 1 aromatic heterocycles. The van der Waals surface area contributed by atoms with E-state index in [0.717, 1.165) is 18.2 Å². The van der Waals surface area contributed by atoms with Gasteiger partial charge in [0, 0.05) is 32.1 Å². The average molecular weight is 390 g/mol. The van der Waals surface area contributed by atoms with Crippen molar-refractivity contribution in [3.8, 4) is 0 Å². The molecule has 1 saturated heterocycles. The van der Waals surface area contributed by atoms with Crippen molar-refractivity contribution in [2.75, 3.05) is 13.1 Å². The molecule has 26 heavy (non-hydrogen) atoms. The first-order valence-electron chi connectivity index (χ1n) is 7.89. The number of piperidine rings is 1. The van der Waals surface area contributed by atoms with E-state index < -0.39 is 22.1 Å². The Morgan fingerprint density at radius 1 is 1.31 bits per heavy atom. The van der Waals surface area contributed by atoms with Gasteiger partial charge in [-0.15, -0.1) is 4.31 Å². The molecule has 7 nitrogen and oxygen atoms in total. The summed E-state index contributed by atoms with van der Waals surface area (Å²) in [5.74, 6) is 0.394. The van der Waals surface area contributed by atoms with Crippen molar-refractivity contribution in [2.45, 2.75) is 29.8 Å². The van der Waals surface area contributed by atoms with E-state index in [1.54, 1.807) is 0 Å². The Morgan fingerprint density at radius 3 is 2.50 bits per heavy atom. The minimum atomic E-state index is -4.61. The summed E-state index contributed by atoms with van der Waals surface area (Å²) in [6, 6.07) is 3.73. The van der Waals surface area contributed by atoms with Crippen LogP contribution in [0.25, 0.3) is 0 Å². The smallest absolute Gasteiger partial charge is 0.416 e. The van der Waals surface area contributed by atoms with Gasteiger partial charge >= 0.3 is 11.9 Å². The van der Waals surface area contributed by atoms with Crippen molar-refractivity contribution in [3.63, 3.8) is 0 Å². The number of sulfonamides is 1. The largest absolute Gasteiger partial charge is 0.593 e. The van der Waals surface area contributed by atoms with E-state index >= 15 is 0 Å². The minimum absolute atomic E-state index is 0.100. The molecule has 1 aromatic carbocycles. The quantitative estimate of drug-likeness (QED) is 0.810. The lowest BCUT2D eigenvalue weighted by atomic mass is 9.98. The number of alkyl halides is 3. The second-order valence-corrected chi connectivity index (χ2v) is 8.08. The summed E-state index contributed by atoms with van der Waals surface area (Å²) >= 11 is 0. The van der Waals surface area contributed by atoms with E-state index in [9.17, 15) is 26.7 Å². The first-order valence-corrected chi connectivity index (χ1v) is 9.33. The van der Waals surface area contributed by atoms with Crippen LogP contribution in [-0.2, 0) is 27.8 Å². The number of nitrogens with zero attached hydrogens (tertiary/aromatic N) is 3. The van der Waals surface area contributed by atoms with Gasteiger partial charge in [0.05, 0.1) is 5.56 Å². The van der Waals surface area contributed by atoms with Crippen LogP contribution in [0, 0.1) is 0 Å². The molecule has 0 amide bonds. The average Bonchev–Trinajstić information content (AvgIpc) is 2.93. The van der Waals surface area contributed by atoms with E-state index in [1.165, 1.54) is 16.0 Å². The third-order valence-corrected chi connectivity index (χ3v) is 6.32. The van der Waals surface area contributed by atoms with Crippen LogP contribution in [0.5, 0.6) is 0 Å². The molecule has 3 rings (SSSR count). The Bertz CT molecular complexity index is 900. The molecule has 0 bridgehead atoms. The van der Waals surface area contributed by atoms with Crippen molar-refractivity contribution < 1.29 is 21.9 Å². The lowest BCUT2D eigenvalue weighted by Gasteiger charge is -2.33. The first kappa shape index (κ1) is 18.8. The maximum absolute atomic E-state index is 12.8. The summed E-state index contributed by atoms with van der Waals surface area (Å²) in [5.41, 5.74) is -1.35. The number of halogens is 3. The van der Waals surface area contributed by atoms with Crippen LogP contribution in [0.4, 0.5) is 13.2 Å². The van der Waals surface area contributed by atoms with Crippen molar-refractivity contribution in [3.05, 3.63) is 46.1 Å². The number of aryl methyl sites for hydroxylation is 1. The van der Waals surface area contributed by atoms with E-state index in [1.807, 2.05) is 0 Å². The van der Waals surface area contributed by atoms with Crippen molar-refractivity contribution in [2.24, 2.45) is 7.05 Å². The molecule has 2 aromatic rings. The second-order valence-electron chi connectivity index (χ2n) is 6.14. The van der Waals surface area contributed by atoms with Crippen LogP contribution < -0.4 is 5.69 Å². The SMILES string of the molecule is Cn1nc(C2CCN([S+](=O)([O-])c3cccc(C(F)(F)F)c3)CC2)[nH]c1=O. The highest BCUT2D eigenvalue weighted by Crippen LogP contribution is 2.34. The van der Waals surface area contributed by atoms with Gasteiger partial charge < -0.3 is 4.55 Å². The highest BCUT2D eigenvalue weighted by molar-refractivity contribution is 7.95. The van der Waals surface area contributed by atoms with E-state index in [0.29, 0.717) is 24.7 Å². The number of nitrogens with one attached hydrogen (secondary N) is 1. The number of rotatable bonds is 3. The maximum atomic E-state index is 12.8. The van der Waals surface area contributed by atoms with E-state index in [-0.39, 0.29) is 29.6 Å². The Hall–Kier alpha value is -1.98. The molecular weight excluding hydrogens is 373 g/mol. The van der Waals surface area contributed by atoms with Crippen molar-refractivity contribution >= 4 is 10.4 Å². The molecule has 2 heterocycles. The number of aromatic nitrogens is 3. The Morgan fingerprint density at radius 2 is 1.96 bits per heavy atom.